The van der Waals surface area contributed by atoms with Crippen molar-refractivity contribution in [2.24, 2.45) is 5.73 Å². The standard InChI is InChI=1S/C12H19NO3/c1-7-6-10(16-3)8(2)12(15)11(7)9(14)4-5-13/h6,9,14-15H,4-5,13H2,1-3H3. The van der Waals surface area contributed by atoms with E-state index in [-0.39, 0.29) is 5.75 Å². The Hall–Kier alpha value is -1.26. The van der Waals surface area contributed by atoms with Gasteiger partial charge in [-0.2, -0.15) is 0 Å². The average molecular weight is 225 g/mol. The van der Waals surface area contributed by atoms with E-state index >= 15 is 0 Å². The van der Waals surface area contributed by atoms with Gasteiger partial charge in [0.15, 0.2) is 0 Å². The maximum Gasteiger partial charge on any atom is 0.128 e. The highest BCUT2D eigenvalue weighted by Gasteiger charge is 2.18. The Labute approximate surface area is 95.7 Å². The lowest BCUT2D eigenvalue weighted by atomic mass is 9.96. The Bertz CT molecular complexity index is 377. The van der Waals surface area contributed by atoms with Crippen molar-refractivity contribution < 1.29 is 14.9 Å². The number of ether oxygens (including phenoxy) is 1. The molecule has 0 spiro atoms. The molecule has 4 N–H and O–H groups in total. The van der Waals surface area contributed by atoms with Crippen LogP contribution in [0.3, 0.4) is 0 Å². The van der Waals surface area contributed by atoms with Gasteiger partial charge < -0.3 is 20.7 Å². The van der Waals surface area contributed by atoms with Crippen LogP contribution >= 0.6 is 0 Å². The van der Waals surface area contributed by atoms with Crippen molar-refractivity contribution in [1.29, 1.82) is 0 Å². The average Bonchev–Trinajstić information content (AvgIpc) is 2.24. The quantitative estimate of drug-likeness (QED) is 0.724. The van der Waals surface area contributed by atoms with Gasteiger partial charge in [0.1, 0.15) is 11.5 Å². The fourth-order valence-electron chi connectivity index (χ4n) is 1.82. The summed E-state index contributed by atoms with van der Waals surface area (Å²) in [5.74, 6) is 0.719. The zero-order valence-corrected chi connectivity index (χ0v) is 9.95. The molecule has 0 saturated carbocycles. The molecule has 1 aromatic rings. The third-order valence-electron chi connectivity index (χ3n) is 2.75. The topological polar surface area (TPSA) is 75.7 Å². The van der Waals surface area contributed by atoms with Crippen molar-refractivity contribution in [3.8, 4) is 11.5 Å². The number of rotatable bonds is 4. The molecule has 1 aromatic carbocycles. The second-order valence-electron chi connectivity index (χ2n) is 3.88. The van der Waals surface area contributed by atoms with Gasteiger partial charge in [-0.1, -0.05) is 0 Å². The van der Waals surface area contributed by atoms with E-state index < -0.39 is 6.10 Å². The number of aryl methyl sites for hydroxylation is 1. The molecular weight excluding hydrogens is 206 g/mol. The van der Waals surface area contributed by atoms with Crippen LogP contribution in [0.25, 0.3) is 0 Å². The minimum Gasteiger partial charge on any atom is -0.507 e. The molecule has 0 aliphatic rings. The van der Waals surface area contributed by atoms with Crippen LogP contribution in [0.4, 0.5) is 0 Å². The monoisotopic (exact) mass is 225 g/mol. The van der Waals surface area contributed by atoms with E-state index in [0.717, 1.165) is 5.56 Å². The molecule has 0 saturated heterocycles. The van der Waals surface area contributed by atoms with Crippen molar-refractivity contribution in [3.63, 3.8) is 0 Å². The smallest absolute Gasteiger partial charge is 0.128 e. The van der Waals surface area contributed by atoms with Gasteiger partial charge in [0.05, 0.1) is 13.2 Å². The molecular formula is C12H19NO3. The van der Waals surface area contributed by atoms with Gasteiger partial charge >= 0.3 is 0 Å². The summed E-state index contributed by atoms with van der Waals surface area (Å²) in [7, 11) is 1.55. The lowest BCUT2D eigenvalue weighted by Gasteiger charge is -2.18. The molecule has 0 fully saturated rings. The van der Waals surface area contributed by atoms with E-state index in [1.807, 2.05) is 13.0 Å². The fraction of sp³-hybridized carbons (Fsp3) is 0.500. The van der Waals surface area contributed by atoms with Gasteiger partial charge in [-0.25, -0.2) is 0 Å². The highest BCUT2D eigenvalue weighted by atomic mass is 16.5. The second kappa shape index (κ2) is 5.18. The number of phenolic OH excluding ortho intramolecular Hbond substituents is 1. The Morgan fingerprint density at radius 2 is 2.06 bits per heavy atom. The van der Waals surface area contributed by atoms with E-state index in [1.165, 1.54) is 0 Å². The van der Waals surface area contributed by atoms with Crippen LogP contribution in [0.2, 0.25) is 0 Å². The molecule has 0 aliphatic heterocycles. The fourth-order valence-corrected chi connectivity index (χ4v) is 1.82. The second-order valence-corrected chi connectivity index (χ2v) is 3.88. The van der Waals surface area contributed by atoms with Crippen LogP contribution in [0.1, 0.15) is 29.2 Å². The normalized spacial score (nSPS) is 12.6. The van der Waals surface area contributed by atoms with Gasteiger partial charge in [-0.3, -0.25) is 0 Å². The third-order valence-corrected chi connectivity index (χ3v) is 2.75. The predicted molar refractivity (Wildman–Crippen MR) is 62.8 cm³/mol. The van der Waals surface area contributed by atoms with Crippen LogP contribution < -0.4 is 10.5 Å². The number of phenols is 1. The summed E-state index contributed by atoms with van der Waals surface area (Å²) < 4.78 is 5.14. The SMILES string of the molecule is COc1cc(C)c(C(O)CCN)c(O)c1C. The molecule has 0 amide bonds. The number of hydrogen-bond acceptors (Lipinski definition) is 4. The maximum atomic E-state index is 10.0. The number of nitrogens with two attached hydrogens (primary N) is 1. The zero-order valence-electron chi connectivity index (χ0n) is 9.95. The molecule has 4 heteroatoms. The molecule has 0 heterocycles. The minimum absolute atomic E-state index is 0.0952. The summed E-state index contributed by atoms with van der Waals surface area (Å²) in [6, 6.07) is 1.81. The largest absolute Gasteiger partial charge is 0.507 e. The van der Waals surface area contributed by atoms with Gasteiger partial charge in [0.25, 0.3) is 0 Å². The predicted octanol–water partition coefficient (Wildman–Crippen LogP) is 1.40. The van der Waals surface area contributed by atoms with E-state index in [4.69, 9.17) is 10.5 Å². The molecule has 0 radical (unpaired) electrons. The summed E-state index contributed by atoms with van der Waals surface area (Å²) in [5, 5.41) is 19.9. The van der Waals surface area contributed by atoms with Gasteiger partial charge in [-0.15, -0.1) is 0 Å². The van der Waals surface area contributed by atoms with Crippen molar-refractivity contribution in [2.75, 3.05) is 13.7 Å². The summed E-state index contributed by atoms with van der Waals surface area (Å²) in [6.45, 7) is 3.97. The van der Waals surface area contributed by atoms with Crippen LogP contribution in [0.15, 0.2) is 6.07 Å². The van der Waals surface area contributed by atoms with Crippen molar-refractivity contribution in [3.05, 3.63) is 22.8 Å². The van der Waals surface area contributed by atoms with Crippen molar-refractivity contribution >= 4 is 0 Å². The first-order valence-corrected chi connectivity index (χ1v) is 5.28. The lowest BCUT2D eigenvalue weighted by Crippen LogP contribution is -2.09. The van der Waals surface area contributed by atoms with Gasteiger partial charge in [0, 0.05) is 11.1 Å². The van der Waals surface area contributed by atoms with E-state index in [0.29, 0.717) is 29.8 Å². The van der Waals surface area contributed by atoms with Crippen LogP contribution in [0.5, 0.6) is 11.5 Å². The molecule has 0 aliphatic carbocycles. The summed E-state index contributed by atoms with van der Waals surface area (Å²) >= 11 is 0. The number of methoxy groups -OCH3 is 1. The first-order chi connectivity index (χ1) is 7.52. The highest BCUT2D eigenvalue weighted by Crippen LogP contribution is 2.37. The van der Waals surface area contributed by atoms with Crippen LogP contribution in [-0.4, -0.2) is 23.9 Å². The van der Waals surface area contributed by atoms with E-state index in [2.05, 4.69) is 0 Å². The number of hydrogen-bond donors (Lipinski definition) is 3. The molecule has 0 bridgehead atoms. The third kappa shape index (κ3) is 2.28. The zero-order chi connectivity index (χ0) is 12.3. The summed E-state index contributed by atoms with van der Waals surface area (Å²) in [4.78, 5) is 0. The number of aliphatic hydroxyl groups excluding tert-OH is 1. The van der Waals surface area contributed by atoms with Crippen molar-refractivity contribution in [1.82, 2.24) is 0 Å². The molecule has 0 aromatic heterocycles. The summed E-state index contributed by atoms with van der Waals surface area (Å²) in [5.41, 5.74) is 7.38. The van der Waals surface area contributed by atoms with E-state index in [1.54, 1.807) is 14.0 Å². The Morgan fingerprint density at radius 3 is 2.56 bits per heavy atom. The van der Waals surface area contributed by atoms with Gasteiger partial charge in [-0.05, 0) is 38.4 Å². The van der Waals surface area contributed by atoms with E-state index in [9.17, 15) is 10.2 Å². The Kier molecular flexibility index (Phi) is 4.15. The van der Waals surface area contributed by atoms with Crippen LogP contribution in [0, 0.1) is 13.8 Å². The highest BCUT2D eigenvalue weighted by molar-refractivity contribution is 5.53. The first kappa shape index (κ1) is 12.8. The Balaban J connectivity index is 3.24. The molecule has 90 valence electrons. The molecule has 1 rings (SSSR count). The number of aromatic hydroxyl groups is 1. The van der Waals surface area contributed by atoms with Crippen molar-refractivity contribution in [2.45, 2.75) is 26.4 Å². The maximum absolute atomic E-state index is 10.0. The lowest BCUT2D eigenvalue weighted by molar-refractivity contribution is 0.165. The van der Waals surface area contributed by atoms with Gasteiger partial charge in [0.2, 0.25) is 0 Å². The number of benzene rings is 1. The minimum atomic E-state index is -0.727. The molecule has 1 atom stereocenters. The molecule has 1 unspecified atom stereocenters. The molecule has 4 nitrogen and oxygen atoms in total. The van der Waals surface area contributed by atoms with Crippen LogP contribution in [-0.2, 0) is 0 Å². The number of aliphatic hydroxyl groups is 1. The Morgan fingerprint density at radius 1 is 1.44 bits per heavy atom. The molecule has 16 heavy (non-hydrogen) atoms. The summed E-state index contributed by atoms with van der Waals surface area (Å²) in [6.07, 6.45) is -0.296. The first-order valence-electron chi connectivity index (χ1n) is 5.28.